The second kappa shape index (κ2) is 9.63. The molecule has 0 aliphatic carbocycles. The third kappa shape index (κ3) is 5.90. The molecule has 0 saturated carbocycles. The lowest BCUT2D eigenvalue weighted by atomic mass is 10.2. The number of aryl methyl sites for hydroxylation is 1. The zero-order valence-electron chi connectivity index (χ0n) is 14.7. The number of thiocarbonyl (C=S) groups is 1. The summed E-state index contributed by atoms with van der Waals surface area (Å²) in [5.74, 6) is 1.52. The molecule has 2 rings (SSSR count). The van der Waals surface area contributed by atoms with Crippen LogP contribution in [-0.4, -0.2) is 18.3 Å². The van der Waals surface area contributed by atoms with Crippen molar-refractivity contribution < 1.29 is 9.47 Å². The van der Waals surface area contributed by atoms with Gasteiger partial charge in [0, 0.05) is 16.7 Å². The molecule has 4 nitrogen and oxygen atoms in total. The minimum atomic E-state index is 0.577. The highest BCUT2D eigenvalue weighted by Gasteiger charge is 2.07. The number of anilines is 1. The molecule has 0 saturated heterocycles. The van der Waals surface area contributed by atoms with Crippen molar-refractivity contribution in [3.63, 3.8) is 0 Å². The summed E-state index contributed by atoms with van der Waals surface area (Å²) in [5, 5.41) is 6.99. The van der Waals surface area contributed by atoms with E-state index in [-0.39, 0.29) is 0 Å². The summed E-state index contributed by atoms with van der Waals surface area (Å²) in [6.07, 6.45) is 0. The Kier molecular flexibility index (Phi) is 7.52. The van der Waals surface area contributed by atoms with Crippen molar-refractivity contribution in [1.29, 1.82) is 0 Å². The summed E-state index contributed by atoms with van der Waals surface area (Å²) >= 11 is 8.87. The number of rotatable bonds is 7. The molecule has 0 aliphatic rings. The number of ether oxygens (including phenoxy) is 2. The largest absolute Gasteiger partial charge is 0.490 e. The molecule has 134 valence electrons. The second-order valence-electron chi connectivity index (χ2n) is 5.42. The molecule has 0 fully saturated rings. The molecule has 0 radical (unpaired) electrons. The second-order valence-corrected chi connectivity index (χ2v) is 6.68. The Labute approximate surface area is 163 Å². The van der Waals surface area contributed by atoms with E-state index >= 15 is 0 Å². The monoisotopic (exact) mass is 422 g/mol. The van der Waals surface area contributed by atoms with Gasteiger partial charge >= 0.3 is 0 Å². The van der Waals surface area contributed by atoms with Crippen LogP contribution in [0.25, 0.3) is 0 Å². The Balaban J connectivity index is 1.96. The Bertz CT molecular complexity index is 737. The number of benzene rings is 2. The first-order chi connectivity index (χ1) is 12.0. The highest BCUT2D eigenvalue weighted by molar-refractivity contribution is 9.10. The van der Waals surface area contributed by atoms with E-state index in [9.17, 15) is 0 Å². The average molecular weight is 423 g/mol. The summed E-state index contributed by atoms with van der Waals surface area (Å²) in [5.41, 5.74) is 3.18. The number of nitrogens with one attached hydrogen (secondary N) is 2. The van der Waals surface area contributed by atoms with E-state index in [0.717, 1.165) is 32.8 Å². The maximum atomic E-state index is 5.65. The van der Waals surface area contributed by atoms with Gasteiger partial charge in [0.2, 0.25) is 0 Å². The molecule has 2 aromatic rings. The summed E-state index contributed by atoms with van der Waals surface area (Å²) in [4.78, 5) is 0. The highest BCUT2D eigenvalue weighted by atomic mass is 79.9. The van der Waals surface area contributed by atoms with Crippen molar-refractivity contribution in [3.05, 3.63) is 52.0 Å². The SMILES string of the molecule is CCOc1ccc(CNC(=S)Nc2ccc(Br)c(C)c2)cc1OCC. The molecule has 0 amide bonds. The lowest BCUT2D eigenvalue weighted by Crippen LogP contribution is -2.27. The quantitative estimate of drug-likeness (QED) is 0.611. The third-order valence-electron chi connectivity index (χ3n) is 3.48. The minimum Gasteiger partial charge on any atom is -0.490 e. The lowest BCUT2D eigenvalue weighted by Gasteiger charge is -2.14. The van der Waals surface area contributed by atoms with Gasteiger partial charge in [-0.15, -0.1) is 0 Å². The van der Waals surface area contributed by atoms with Gasteiger partial charge in [0.25, 0.3) is 0 Å². The van der Waals surface area contributed by atoms with Gasteiger partial charge in [-0.3, -0.25) is 0 Å². The van der Waals surface area contributed by atoms with Crippen molar-refractivity contribution in [3.8, 4) is 11.5 Å². The Morgan fingerprint density at radius 3 is 2.44 bits per heavy atom. The van der Waals surface area contributed by atoms with E-state index in [4.69, 9.17) is 21.7 Å². The van der Waals surface area contributed by atoms with Crippen LogP contribution in [0.3, 0.4) is 0 Å². The normalized spacial score (nSPS) is 10.2. The number of halogens is 1. The minimum absolute atomic E-state index is 0.577. The van der Waals surface area contributed by atoms with Crippen LogP contribution in [0, 0.1) is 6.92 Å². The van der Waals surface area contributed by atoms with Gasteiger partial charge in [0.1, 0.15) is 0 Å². The first-order valence-electron chi connectivity index (χ1n) is 8.23. The van der Waals surface area contributed by atoms with Crippen molar-refractivity contribution in [2.75, 3.05) is 18.5 Å². The Hall–Kier alpha value is -1.79. The zero-order chi connectivity index (χ0) is 18.2. The predicted octanol–water partition coefficient (Wildman–Crippen LogP) is 5.04. The van der Waals surface area contributed by atoms with Crippen molar-refractivity contribution in [2.24, 2.45) is 0 Å². The van der Waals surface area contributed by atoms with Gasteiger partial charge in [-0.2, -0.15) is 0 Å². The van der Waals surface area contributed by atoms with Gasteiger partial charge in [0.15, 0.2) is 16.6 Å². The van der Waals surface area contributed by atoms with Crippen LogP contribution in [0.4, 0.5) is 5.69 Å². The van der Waals surface area contributed by atoms with Crippen molar-refractivity contribution in [1.82, 2.24) is 5.32 Å². The molecule has 6 heteroatoms. The zero-order valence-corrected chi connectivity index (χ0v) is 17.1. The van der Waals surface area contributed by atoms with Crippen LogP contribution in [-0.2, 0) is 6.54 Å². The molecule has 0 spiro atoms. The molecular formula is C19H23BrN2O2S. The first kappa shape index (κ1) is 19.5. The average Bonchev–Trinajstić information content (AvgIpc) is 2.59. The summed E-state index contributed by atoms with van der Waals surface area (Å²) in [7, 11) is 0. The van der Waals surface area contributed by atoms with E-state index in [0.29, 0.717) is 24.9 Å². The van der Waals surface area contributed by atoms with Gasteiger partial charge in [-0.1, -0.05) is 22.0 Å². The van der Waals surface area contributed by atoms with E-state index in [1.54, 1.807) is 0 Å². The fourth-order valence-electron chi connectivity index (χ4n) is 2.29. The Morgan fingerprint density at radius 2 is 1.76 bits per heavy atom. The van der Waals surface area contributed by atoms with Crippen LogP contribution in [0.5, 0.6) is 11.5 Å². The Morgan fingerprint density at radius 1 is 1.04 bits per heavy atom. The first-order valence-corrected chi connectivity index (χ1v) is 9.43. The van der Waals surface area contributed by atoms with Gasteiger partial charge in [-0.05, 0) is 74.4 Å². The van der Waals surface area contributed by atoms with Crippen LogP contribution < -0.4 is 20.1 Å². The highest BCUT2D eigenvalue weighted by Crippen LogP contribution is 2.28. The predicted molar refractivity (Wildman–Crippen MR) is 111 cm³/mol. The van der Waals surface area contributed by atoms with Crippen molar-refractivity contribution >= 4 is 38.9 Å². The molecule has 0 bridgehead atoms. The molecule has 0 atom stereocenters. The smallest absolute Gasteiger partial charge is 0.171 e. The third-order valence-corrected chi connectivity index (χ3v) is 4.61. The molecule has 0 unspecified atom stereocenters. The van der Waals surface area contributed by atoms with Gasteiger partial charge in [0.05, 0.1) is 13.2 Å². The molecule has 2 N–H and O–H groups in total. The van der Waals surface area contributed by atoms with E-state index in [2.05, 4.69) is 26.6 Å². The lowest BCUT2D eigenvalue weighted by molar-refractivity contribution is 0.287. The summed E-state index contributed by atoms with van der Waals surface area (Å²) < 4.78 is 12.3. The van der Waals surface area contributed by atoms with Crippen LogP contribution in [0.15, 0.2) is 40.9 Å². The molecule has 0 heterocycles. The summed E-state index contributed by atoms with van der Waals surface area (Å²) in [6.45, 7) is 7.77. The molecule has 0 aromatic heterocycles. The fraction of sp³-hybridized carbons (Fsp3) is 0.316. The fourth-order valence-corrected chi connectivity index (χ4v) is 2.72. The molecule has 2 aromatic carbocycles. The molecule has 25 heavy (non-hydrogen) atoms. The van der Waals surface area contributed by atoms with Gasteiger partial charge in [-0.25, -0.2) is 0 Å². The van der Waals surface area contributed by atoms with Crippen LogP contribution in [0.1, 0.15) is 25.0 Å². The van der Waals surface area contributed by atoms with Crippen LogP contribution >= 0.6 is 28.1 Å². The van der Waals surface area contributed by atoms with E-state index in [1.165, 1.54) is 0 Å². The van der Waals surface area contributed by atoms with E-state index in [1.807, 2.05) is 57.2 Å². The van der Waals surface area contributed by atoms with E-state index < -0.39 is 0 Å². The topological polar surface area (TPSA) is 42.5 Å². The molecule has 0 aliphatic heterocycles. The number of hydrogen-bond acceptors (Lipinski definition) is 3. The van der Waals surface area contributed by atoms with Gasteiger partial charge < -0.3 is 20.1 Å². The maximum Gasteiger partial charge on any atom is 0.171 e. The number of hydrogen-bond donors (Lipinski definition) is 2. The summed E-state index contributed by atoms with van der Waals surface area (Å²) in [6, 6.07) is 11.9. The molecular weight excluding hydrogens is 400 g/mol. The maximum absolute atomic E-state index is 5.65. The van der Waals surface area contributed by atoms with Crippen molar-refractivity contribution in [2.45, 2.75) is 27.3 Å². The standard InChI is InChI=1S/C19H23BrN2O2S/c1-4-23-17-9-6-14(11-18(17)24-5-2)12-21-19(25)22-15-7-8-16(20)13(3)10-15/h6-11H,4-5,12H2,1-3H3,(H2,21,22,25). The van der Waals surface area contributed by atoms with Crippen LogP contribution in [0.2, 0.25) is 0 Å².